The van der Waals surface area contributed by atoms with Crippen LogP contribution in [0.5, 0.6) is 0 Å². The highest BCUT2D eigenvalue weighted by Gasteiger charge is 2.16. The van der Waals surface area contributed by atoms with Crippen molar-refractivity contribution in [2.45, 2.75) is 51.4 Å². The molecule has 0 atom stereocenters. The summed E-state index contributed by atoms with van der Waals surface area (Å²) in [5.41, 5.74) is 0. The maximum atomic E-state index is 4.78. The normalized spacial score (nSPS) is 21.4. The third-order valence-electron chi connectivity index (χ3n) is 4.35. The van der Waals surface area contributed by atoms with Gasteiger partial charge in [0, 0.05) is 26.2 Å². The minimum Gasteiger partial charge on any atom is -0.355 e. The van der Waals surface area contributed by atoms with Crippen molar-refractivity contribution < 1.29 is 0 Å². The Hall–Kier alpha value is -1.39. The second kappa shape index (κ2) is 6.86. The first-order valence-electron chi connectivity index (χ1n) is 8.13. The second-order valence-electron chi connectivity index (χ2n) is 5.92. The van der Waals surface area contributed by atoms with Crippen molar-refractivity contribution in [3.8, 4) is 0 Å². The summed E-state index contributed by atoms with van der Waals surface area (Å²) in [5.74, 6) is 1.84. The first-order valence-corrected chi connectivity index (χ1v) is 8.13. The van der Waals surface area contributed by atoms with Gasteiger partial charge in [0.15, 0.2) is 5.82 Å². The summed E-state index contributed by atoms with van der Waals surface area (Å²) in [6, 6.07) is 0. The number of nitrogens with zero attached hydrogens (tertiary/aromatic N) is 5. The number of anilines is 2. The summed E-state index contributed by atoms with van der Waals surface area (Å²) in [6.07, 6.45) is 12.2. The van der Waals surface area contributed by atoms with Crippen LogP contribution >= 0.6 is 0 Å². The van der Waals surface area contributed by atoms with E-state index < -0.39 is 0 Å². The van der Waals surface area contributed by atoms with Gasteiger partial charge >= 0.3 is 0 Å². The van der Waals surface area contributed by atoms with Gasteiger partial charge in [-0.25, -0.2) is 0 Å². The minimum atomic E-state index is 0.827. The summed E-state index contributed by atoms with van der Waals surface area (Å²) >= 11 is 0. The van der Waals surface area contributed by atoms with Crippen molar-refractivity contribution in [2.24, 2.45) is 0 Å². The molecule has 2 saturated heterocycles. The molecular weight excluding hydrogens is 250 g/mol. The molecule has 1 aromatic heterocycles. The van der Waals surface area contributed by atoms with E-state index in [1.165, 1.54) is 51.4 Å². The quantitative estimate of drug-likeness (QED) is 0.830. The molecule has 2 aliphatic heterocycles. The molecule has 1 aromatic rings. The second-order valence-corrected chi connectivity index (χ2v) is 5.92. The molecule has 2 fully saturated rings. The van der Waals surface area contributed by atoms with E-state index in [-0.39, 0.29) is 0 Å². The maximum absolute atomic E-state index is 4.78. The molecule has 20 heavy (non-hydrogen) atoms. The molecule has 0 aromatic carbocycles. The van der Waals surface area contributed by atoms with Crippen LogP contribution in [0.2, 0.25) is 0 Å². The smallest absolute Gasteiger partial charge is 0.247 e. The maximum Gasteiger partial charge on any atom is 0.247 e. The van der Waals surface area contributed by atoms with E-state index in [0.29, 0.717) is 0 Å². The van der Waals surface area contributed by atoms with Gasteiger partial charge in [0.25, 0.3) is 0 Å². The van der Waals surface area contributed by atoms with Gasteiger partial charge in [0.1, 0.15) is 0 Å². The van der Waals surface area contributed by atoms with Crippen molar-refractivity contribution in [3.63, 3.8) is 0 Å². The van der Waals surface area contributed by atoms with E-state index in [2.05, 4.69) is 20.0 Å². The first kappa shape index (κ1) is 13.6. The predicted molar refractivity (Wildman–Crippen MR) is 81.2 cm³/mol. The molecule has 5 nitrogen and oxygen atoms in total. The fourth-order valence-corrected chi connectivity index (χ4v) is 3.14. The van der Waals surface area contributed by atoms with Crippen molar-refractivity contribution >= 4 is 11.8 Å². The van der Waals surface area contributed by atoms with Gasteiger partial charge in [-0.1, -0.05) is 25.7 Å². The Morgan fingerprint density at radius 3 is 1.85 bits per heavy atom. The van der Waals surface area contributed by atoms with Crippen LogP contribution in [0.4, 0.5) is 11.8 Å². The van der Waals surface area contributed by atoms with Gasteiger partial charge in [-0.3, -0.25) is 0 Å². The number of hydrogen-bond acceptors (Lipinski definition) is 5. The third kappa shape index (κ3) is 3.38. The highest BCUT2D eigenvalue weighted by Crippen LogP contribution is 2.20. The predicted octanol–water partition coefficient (Wildman–Crippen LogP) is 2.63. The minimum absolute atomic E-state index is 0.827. The topological polar surface area (TPSA) is 45.2 Å². The molecule has 0 N–H and O–H groups in total. The zero-order valence-corrected chi connectivity index (χ0v) is 12.3. The Balaban J connectivity index is 1.74. The summed E-state index contributed by atoms with van der Waals surface area (Å²) in [6.45, 7) is 4.37. The average Bonchev–Trinajstić information content (AvgIpc) is 2.92. The molecule has 0 saturated carbocycles. The van der Waals surface area contributed by atoms with Crippen molar-refractivity contribution in [3.05, 3.63) is 6.20 Å². The molecule has 0 radical (unpaired) electrons. The molecule has 110 valence electrons. The van der Waals surface area contributed by atoms with Crippen LogP contribution in [-0.2, 0) is 0 Å². The number of aromatic nitrogens is 3. The van der Waals surface area contributed by atoms with Crippen LogP contribution in [0.25, 0.3) is 0 Å². The Morgan fingerprint density at radius 2 is 1.25 bits per heavy atom. The molecule has 0 bridgehead atoms. The highest BCUT2D eigenvalue weighted by atomic mass is 15.3. The number of rotatable bonds is 2. The molecule has 3 heterocycles. The summed E-state index contributed by atoms with van der Waals surface area (Å²) in [7, 11) is 0. The van der Waals surface area contributed by atoms with E-state index in [4.69, 9.17) is 4.98 Å². The Morgan fingerprint density at radius 1 is 0.700 bits per heavy atom. The monoisotopic (exact) mass is 275 g/mol. The Kier molecular flexibility index (Phi) is 4.66. The molecule has 0 spiro atoms. The molecule has 5 heteroatoms. The lowest BCUT2D eigenvalue weighted by molar-refractivity contribution is 0.726. The summed E-state index contributed by atoms with van der Waals surface area (Å²) in [4.78, 5) is 9.47. The van der Waals surface area contributed by atoms with Gasteiger partial charge in [-0.05, 0) is 25.7 Å². The van der Waals surface area contributed by atoms with Crippen LogP contribution in [0.3, 0.4) is 0 Å². The summed E-state index contributed by atoms with van der Waals surface area (Å²) in [5, 5.41) is 8.46. The van der Waals surface area contributed by atoms with E-state index in [0.717, 1.165) is 37.9 Å². The molecule has 3 rings (SSSR count). The van der Waals surface area contributed by atoms with Gasteiger partial charge in [-0.15, -0.1) is 5.10 Å². The van der Waals surface area contributed by atoms with Gasteiger partial charge in [-0.2, -0.15) is 10.1 Å². The highest BCUT2D eigenvalue weighted by molar-refractivity contribution is 5.41. The molecule has 0 unspecified atom stereocenters. The van der Waals surface area contributed by atoms with E-state index in [9.17, 15) is 0 Å². The molecule has 0 amide bonds. The van der Waals surface area contributed by atoms with Crippen LogP contribution in [0.1, 0.15) is 51.4 Å². The zero-order chi connectivity index (χ0) is 13.6. The van der Waals surface area contributed by atoms with Gasteiger partial charge in [0.05, 0.1) is 6.20 Å². The third-order valence-corrected chi connectivity index (χ3v) is 4.35. The van der Waals surface area contributed by atoms with Crippen LogP contribution in [-0.4, -0.2) is 41.4 Å². The van der Waals surface area contributed by atoms with Gasteiger partial charge in [0.2, 0.25) is 5.95 Å². The van der Waals surface area contributed by atoms with Crippen LogP contribution < -0.4 is 9.80 Å². The SMILES string of the molecule is c1nnc(N2CCCCCC2)nc1N1CCCCCC1. The van der Waals surface area contributed by atoms with Crippen LogP contribution in [0, 0.1) is 0 Å². The Bertz CT molecular complexity index is 371. The lowest BCUT2D eigenvalue weighted by Crippen LogP contribution is -2.29. The van der Waals surface area contributed by atoms with Crippen molar-refractivity contribution in [1.29, 1.82) is 0 Å². The fourth-order valence-electron chi connectivity index (χ4n) is 3.14. The molecule has 2 aliphatic rings. The lowest BCUT2D eigenvalue weighted by atomic mass is 10.2. The van der Waals surface area contributed by atoms with E-state index in [1.54, 1.807) is 0 Å². The van der Waals surface area contributed by atoms with Gasteiger partial charge < -0.3 is 9.80 Å². The largest absolute Gasteiger partial charge is 0.355 e. The standard InChI is InChI=1S/C15H25N5/c1-2-6-10-19(9-5-1)14-13-16-18-15(17-14)20-11-7-3-4-8-12-20/h13H,1-12H2. The zero-order valence-electron chi connectivity index (χ0n) is 12.3. The van der Waals surface area contributed by atoms with Crippen molar-refractivity contribution in [2.75, 3.05) is 36.0 Å². The molecule has 0 aliphatic carbocycles. The van der Waals surface area contributed by atoms with E-state index in [1.807, 2.05) is 6.20 Å². The Labute approximate surface area is 121 Å². The van der Waals surface area contributed by atoms with E-state index >= 15 is 0 Å². The van der Waals surface area contributed by atoms with Crippen molar-refractivity contribution in [1.82, 2.24) is 15.2 Å². The molecular formula is C15H25N5. The lowest BCUT2D eigenvalue weighted by Gasteiger charge is -2.24. The first-order chi connectivity index (χ1) is 9.93. The average molecular weight is 275 g/mol. The number of hydrogen-bond donors (Lipinski definition) is 0. The van der Waals surface area contributed by atoms with Crippen LogP contribution in [0.15, 0.2) is 6.20 Å². The fraction of sp³-hybridized carbons (Fsp3) is 0.800. The summed E-state index contributed by atoms with van der Waals surface area (Å²) < 4.78 is 0.